The van der Waals surface area contributed by atoms with E-state index in [9.17, 15) is 4.79 Å². The summed E-state index contributed by atoms with van der Waals surface area (Å²) in [6.45, 7) is 13.7. The van der Waals surface area contributed by atoms with E-state index in [4.69, 9.17) is 15.2 Å². The first-order valence-corrected chi connectivity index (χ1v) is 11.3. The lowest BCUT2D eigenvalue weighted by Crippen LogP contribution is -2.35. The summed E-state index contributed by atoms with van der Waals surface area (Å²) in [7, 11) is 1.65. The van der Waals surface area contributed by atoms with Crippen LogP contribution in [0, 0.1) is 0 Å². The third kappa shape index (κ3) is 4.87. The molecule has 1 aromatic heterocycles. The van der Waals surface area contributed by atoms with Crippen LogP contribution in [0.2, 0.25) is 0 Å². The lowest BCUT2D eigenvalue weighted by atomic mass is 9.86. The predicted octanol–water partition coefficient (Wildman–Crippen LogP) is 5.13. The number of thiophene rings is 1. The number of carbonyl (C=O) groups is 1. The molecule has 1 unspecified atom stereocenters. The second-order valence-corrected chi connectivity index (χ2v) is 8.24. The minimum atomic E-state index is -0.510. The van der Waals surface area contributed by atoms with Gasteiger partial charge < -0.3 is 20.1 Å². The molecule has 2 N–H and O–H groups in total. The molecule has 164 valence electrons. The van der Waals surface area contributed by atoms with Crippen molar-refractivity contribution in [2.24, 2.45) is 5.73 Å². The summed E-state index contributed by atoms with van der Waals surface area (Å²) in [6, 6.07) is 3.92. The lowest BCUT2D eigenvalue weighted by molar-refractivity contribution is 0.0364. The van der Waals surface area contributed by atoms with Crippen molar-refractivity contribution >= 4 is 22.8 Å². The van der Waals surface area contributed by atoms with Gasteiger partial charge in [-0.3, -0.25) is 4.79 Å². The predicted molar refractivity (Wildman–Crippen MR) is 125 cm³/mol. The van der Waals surface area contributed by atoms with Crippen LogP contribution in [0.3, 0.4) is 0 Å². The Morgan fingerprint density at radius 1 is 1.33 bits per heavy atom. The van der Waals surface area contributed by atoms with Crippen molar-refractivity contribution < 1.29 is 14.3 Å². The van der Waals surface area contributed by atoms with Gasteiger partial charge in [0.15, 0.2) is 0 Å². The van der Waals surface area contributed by atoms with Crippen LogP contribution in [-0.4, -0.2) is 43.2 Å². The van der Waals surface area contributed by atoms with Crippen molar-refractivity contribution in [3.8, 4) is 0 Å². The van der Waals surface area contributed by atoms with Gasteiger partial charge in [0.05, 0.1) is 17.6 Å². The zero-order chi connectivity index (χ0) is 22.3. The molecule has 0 saturated heterocycles. The number of hydrogen-bond acceptors (Lipinski definition) is 5. The molecule has 2 heterocycles. The van der Waals surface area contributed by atoms with E-state index in [2.05, 4.69) is 19.6 Å². The third-order valence-corrected chi connectivity index (χ3v) is 6.57. The average molecular weight is 431 g/mol. The van der Waals surface area contributed by atoms with Crippen molar-refractivity contribution in [2.45, 2.75) is 46.1 Å². The summed E-state index contributed by atoms with van der Waals surface area (Å²) >= 11 is 1.50. The molecule has 0 aromatic carbocycles. The maximum absolute atomic E-state index is 12.8. The maximum atomic E-state index is 12.8. The van der Waals surface area contributed by atoms with Crippen molar-refractivity contribution in [2.75, 3.05) is 26.7 Å². The summed E-state index contributed by atoms with van der Waals surface area (Å²) in [5, 5.41) is 0. The van der Waals surface area contributed by atoms with Crippen LogP contribution in [-0.2, 0) is 9.47 Å². The van der Waals surface area contributed by atoms with Gasteiger partial charge in [-0.1, -0.05) is 19.6 Å². The molecule has 0 spiro atoms. The van der Waals surface area contributed by atoms with Gasteiger partial charge in [-0.2, -0.15) is 0 Å². The fourth-order valence-corrected chi connectivity index (χ4v) is 4.63. The standard InChI is InChI=1S/C24H34N2O3S/c1-7-11-19-22(17(5)28-6)18(16-24(8-2,29-19)14-15-25)20-12-13-21(30-20)23(27)26(9-3)10-4/h7,11-13,16H,1,8-10,14-15,25H2,2-6H3/b19-11+,22-17+. The topological polar surface area (TPSA) is 64.8 Å². The summed E-state index contributed by atoms with van der Waals surface area (Å²) in [5.41, 5.74) is 7.29. The number of nitrogens with two attached hydrogens (primary N) is 1. The van der Waals surface area contributed by atoms with E-state index in [-0.39, 0.29) is 5.91 Å². The van der Waals surface area contributed by atoms with Crippen LogP contribution in [0.15, 0.2) is 54.0 Å². The molecular formula is C24H34N2O3S. The van der Waals surface area contributed by atoms with E-state index in [1.807, 2.05) is 43.9 Å². The molecule has 0 saturated carbocycles. The highest BCUT2D eigenvalue weighted by Crippen LogP contribution is 2.45. The van der Waals surface area contributed by atoms with Crippen LogP contribution in [0.1, 0.15) is 55.1 Å². The Labute approximate surface area is 184 Å². The van der Waals surface area contributed by atoms with Crippen LogP contribution >= 0.6 is 11.3 Å². The Morgan fingerprint density at radius 2 is 2.03 bits per heavy atom. The molecule has 1 aliphatic heterocycles. The van der Waals surface area contributed by atoms with E-state index >= 15 is 0 Å². The number of methoxy groups -OCH3 is 1. The molecule has 6 heteroatoms. The molecule has 0 fully saturated rings. The normalized spacial score (nSPS) is 21.7. The van der Waals surface area contributed by atoms with Crippen molar-refractivity contribution in [3.05, 3.63) is 63.8 Å². The minimum Gasteiger partial charge on any atom is -0.501 e. The maximum Gasteiger partial charge on any atom is 0.263 e. The van der Waals surface area contributed by atoms with Crippen LogP contribution in [0.4, 0.5) is 0 Å². The van der Waals surface area contributed by atoms with Gasteiger partial charge in [0.25, 0.3) is 5.91 Å². The molecule has 30 heavy (non-hydrogen) atoms. The van der Waals surface area contributed by atoms with E-state index in [1.54, 1.807) is 13.2 Å². The van der Waals surface area contributed by atoms with Gasteiger partial charge in [-0.25, -0.2) is 0 Å². The van der Waals surface area contributed by atoms with Crippen LogP contribution < -0.4 is 5.73 Å². The molecule has 0 radical (unpaired) electrons. The SMILES string of the molecule is C=C/C=C1/OC(CC)(CCN)C=C(c2ccc(C(=O)N(CC)CC)s2)/C1=C(/C)OC. The second kappa shape index (κ2) is 10.6. The first-order valence-electron chi connectivity index (χ1n) is 10.5. The molecule has 1 aromatic rings. The summed E-state index contributed by atoms with van der Waals surface area (Å²) in [5.74, 6) is 1.52. The first kappa shape index (κ1) is 24.0. The number of hydrogen-bond donors (Lipinski definition) is 1. The fraction of sp³-hybridized carbons (Fsp3) is 0.458. The third-order valence-electron chi connectivity index (χ3n) is 5.46. The minimum absolute atomic E-state index is 0.0588. The highest BCUT2D eigenvalue weighted by Gasteiger charge is 2.37. The summed E-state index contributed by atoms with van der Waals surface area (Å²) < 4.78 is 12.0. The summed E-state index contributed by atoms with van der Waals surface area (Å²) in [6.07, 6.45) is 7.19. The second-order valence-electron chi connectivity index (χ2n) is 7.16. The van der Waals surface area contributed by atoms with Gasteiger partial charge in [0.1, 0.15) is 17.1 Å². The number of allylic oxidation sites excluding steroid dienone is 4. The largest absolute Gasteiger partial charge is 0.501 e. The van der Waals surface area contributed by atoms with Crippen LogP contribution in [0.5, 0.6) is 0 Å². The molecule has 0 bridgehead atoms. The lowest BCUT2D eigenvalue weighted by Gasteiger charge is -2.38. The fourth-order valence-electron chi connectivity index (χ4n) is 3.63. The molecule has 1 atom stereocenters. The van der Waals surface area contributed by atoms with E-state index in [1.165, 1.54) is 11.3 Å². The van der Waals surface area contributed by atoms with Gasteiger partial charge in [0.2, 0.25) is 0 Å². The smallest absolute Gasteiger partial charge is 0.263 e. The molecule has 0 aliphatic carbocycles. The Kier molecular flexibility index (Phi) is 8.50. The number of rotatable bonds is 9. The van der Waals surface area contributed by atoms with E-state index < -0.39 is 5.60 Å². The number of amides is 1. The molecular weight excluding hydrogens is 396 g/mol. The van der Waals surface area contributed by atoms with Gasteiger partial charge >= 0.3 is 0 Å². The highest BCUT2D eigenvalue weighted by molar-refractivity contribution is 7.15. The Balaban J connectivity index is 2.67. The van der Waals surface area contributed by atoms with E-state index in [0.29, 0.717) is 31.8 Å². The summed E-state index contributed by atoms with van der Waals surface area (Å²) in [4.78, 5) is 16.4. The van der Waals surface area contributed by atoms with Crippen molar-refractivity contribution in [3.63, 3.8) is 0 Å². The van der Waals surface area contributed by atoms with Crippen molar-refractivity contribution in [1.82, 2.24) is 4.90 Å². The van der Waals surface area contributed by atoms with Gasteiger partial charge in [0, 0.05) is 30.0 Å². The number of ether oxygens (including phenoxy) is 2. The number of carbonyl (C=O) groups excluding carboxylic acids is 1. The Hall–Kier alpha value is -2.31. The average Bonchev–Trinajstić information content (AvgIpc) is 3.24. The van der Waals surface area contributed by atoms with Gasteiger partial charge in [-0.05, 0) is 58.0 Å². The zero-order valence-corrected chi connectivity index (χ0v) is 19.6. The van der Waals surface area contributed by atoms with Gasteiger partial charge in [-0.15, -0.1) is 11.3 Å². The Morgan fingerprint density at radius 3 is 2.57 bits per heavy atom. The molecule has 5 nitrogen and oxygen atoms in total. The number of nitrogens with zero attached hydrogens (tertiary/aromatic N) is 1. The zero-order valence-electron chi connectivity index (χ0n) is 18.8. The van der Waals surface area contributed by atoms with Crippen LogP contribution in [0.25, 0.3) is 5.57 Å². The monoisotopic (exact) mass is 430 g/mol. The van der Waals surface area contributed by atoms with Crippen molar-refractivity contribution in [1.29, 1.82) is 0 Å². The highest BCUT2D eigenvalue weighted by atomic mass is 32.1. The van der Waals surface area contributed by atoms with E-state index in [0.717, 1.165) is 33.1 Å². The molecule has 1 aliphatic rings. The molecule has 2 rings (SSSR count). The quantitative estimate of drug-likeness (QED) is 0.552. The molecule has 1 amide bonds. The first-order chi connectivity index (χ1) is 14.4. The Bertz CT molecular complexity index is 862.